The Labute approximate surface area is 116 Å². The maximum Gasteiger partial charge on any atom is 0.412 e. The van der Waals surface area contributed by atoms with Gasteiger partial charge in [0.15, 0.2) is 0 Å². The van der Waals surface area contributed by atoms with Gasteiger partial charge in [-0.1, -0.05) is 24.8 Å². The molecule has 0 aliphatic rings. The van der Waals surface area contributed by atoms with E-state index in [9.17, 15) is 18.3 Å². The maximum absolute atomic E-state index is 12.5. The fourth-order valence-electron chi connectivity index (χ4n) is 1.66. The molecule has 0 bridgehead atoms. The molecule has 0 radical (unpaired) electrons. The van der Waals surface area contributed by atoms with E-state index in [4.69, 9.17) is 4.74 Å². The number of aromatic hydroxyl groups is 1. The van der Waals surface area contributed by atoms with Crippen LogP contribution in [-0.4, -0.2) is 17.9 Å². The average molecular weight is 286 g/mol. The van der Waals surface area contributed by atoms with Crippen LogP contribution >= 0.6 is 0 Å². The zero-order valence-corrected chi connectivity index (χ0v) is 11.2. The van der Waals surface area contributed by atoms with Gasteiger partial charge in [0.05, 0.1) is 6.61 Å². The molecule has 1 rings (SSSR count). The Morgan fingerprint density at radius 2 is 2.15 bits per heavy atom. The lowest BCUT2D eigenvalue weighted by atomic mass is 10.0. The number of benzene rings is 1. The quantitative estimate of drug-likeness (QED) is 0.782. The third kappa shape index (κ3) is 5.38. The summed E-state index contributed by atoms with van der Waals surface area (Å²) in [7, 11) is 0. The average Bonchev–Trinajstić information content (AvgIpc) is 2.35. The maximum atomic E-state index is 12.5. The van der Waals surface area contributed by atoms with Crippen molar-refractivity contribution in [3.8, 4) is 11.5 Å². The normalized spacial score (nSPS) is 13.4. The monoisotopic (exact) mass is 286 g/mol. The van der Waals surface area contributed by atoms with E-state index in [1.165, 1.54) is 12.1 Å². The van der Waals surface area contributed by atoms with Gasteiger partial charge in [-0.2, -0.15) is 13.2 Å². The van der Waals surface area contributed by atoms with Gasteiger partial charge in [0.1, 0.15) is 11.5 Å². The van der Waals surface area contributed by atoms with Crippen LogP contribution in [0.3, 0.4) is 0 Å². The summed E-state index contributed by atoms with van der Waals surface area (Å²) >= 11 is 0. The predicted octanol–water partition coefficient (Wildman–Crippen LogP) is 4.47. The van der Waals surface area contributed by atoms with Gasteiger partial charge in [-0.3, -0.25) is 0 Å². The van der Waals surface area contributed by atoms with Gasteiger partial charge in [0.25, 0.3) is 0 Å². The second-order valence-electron chi connectivity index (χ2n) is 4.40. The standard InChI is InChI=1S/C15H17F3O2/c1-3-5-12(8-11(2)15(16,17)18)10-20-14-7-4-6-13(19)9-14/h3-7,9,12,19H,2,8,10H2,1H3. The summed E-state index contributed by atoms with van der Waals surface area (Å²) in [5.41, 5.74) is -0.778. The highest BCUT2D eigenvalue weighted by molar-refractivity contribution is 5.31. The molecule has 0 aliphatic carbocycles. The minimum Gasteiger partial charge on any atom is -0.508 e. The summed E-state index contributed by atoms with van der Waals surface area (Å²) in [6, 6.07) is 6.13. The summed E-state index contributed by atoms with van der Waals surface area (Å²) in [4.78, 5) is 0. The molecular weight excluding hydrogens is 269 g/mol. The van der Waals surface area contributed by atoms with Crippen LogP contribution in [0.2, 0.25) is 0 Å². The lowest BCUT2D eigenvalue weighted by Gasteiger charge is -2.17. The van der Waals surface area contributed by atoms with Crippen LogP contribution in [0.4, 0.5) is 13.2 Å². The number of ether oxygens (including phenoxy) is 1. The van der Waals surface area contributed by atoms with E-state index >= 15 is 0 Å². The van der Waals surface area contributed by atoms with Gasteiger partial charge in [-0.15, -0.1) is 0 Å². The van der Waals surface area contributed by atoms with Crippen LogP contribution < -0.4 is 4.74 Å². The highest BCUT2D eigenvalue weighted by Crippen LogP contribution is 2.30. The van der Waals surface area contributed by atoms with Gasteiger partial charge in [-0.05, 0) is 25.5 Å². The minimum atomic E-state index is -4.38. The Balaban J connectivity index is 2.62. The molecule has 0 aliphatic heterocycles. The Morgan fingerprint density at radius 3 is 2.70 bits per heavy atom. The number of alkyl halides is 3. The smallest absolute Gasteiger partial charge is 0.412 e. The van der Waals surface area contributed by atoms with Crippen molar-refractivity contribution < 1.29 is 23.0 Å². The first-order chi connectivity index (χ1) is 9.32. The van der Waals surface area contributed by atoms with Crippen molar-refractivity contribution in [1.29, 1.82) is 0 Å². The Hall–Kier alpha value is -1.91. The van der Waals surface area contributed by atoms with E-state index in [0.29, 0.717) is 5.75 Å². The highest BCUT2D eigenvalue weighted by Gasteiger charge is 2.32. The summed E-state index contributed by atoms with van der Waals surface area (Å²) in [5, 5.41) is 9.28. The van der Waals surface area contributed by atoms with Gasteiger partial charge < -0.3 is 9.84 Å². The minimum absolute atomic E-state index is 0.0461. The van der Waals surface area contributed by atoms with E-state index in [1.54, 1.807) is 31.2 Å². The van der Waals surface area contributed by atoms with E-state index in [2.05, 4.69) is 6.58 Å². The second-order valence-corrected chi connectivity index (χ2v) is 4.40. The molecule has 0 fully saturated rings. The van der Waals surface area contributed by atoms with Gasteiger partial charge in [0.2, 0.25) is 0 Å². The fraction of sp³-hybridized carbons (Fsp3) is 0.333. The van der Waals surface area contributed by atoms with Crippen molar-refractivity contribution >= 4 is 0 Å². The second kappa shape index (κ2) is 7.03. The molecule has 1 N–H and O–H groups in total. The molecule has 1 atom stereocenters. The van der Waals surface area contributed by atoms with Gasteiger partial charge in [-0.25, -0.2) is 0 Å². The number of hydrogen-bond donors (Lipinski definition) is 1. The van der Waals surface area contributed by atoms with Crippen molar-refractivity contribution in [1.82, 2.24) is 0 Å². The first kappa shape index (κ1) is 16.1. The van der Waals surface area contributed by atoms with Crippen LogP contribution in [0.1, 0.15) is 13.3 Å². The summed E-state index contributed by atoms with van der Waals surface area (Å²) in [5.74, 6) is 0.0402. The molecular formula is C15H17F3O2. The molecule has 2 nitrogen and oxygen atoms in total. The van der Waals surface area contributed by atoms with E-state index in [0.717, 1.165) is 0 Å². The van der Waals surface area contributed by atoms with Crippen LogP contribution in [-0.2, 0) is 0 Å². The van der Waals surface area contributed by atoms with Crippen molar-refractivity contribution in [2.24, 2.45) is 5.92 Å². The largest absolute Gasteiger partial charge is 0.508 e. The number of phenolic OH excluding ortho intramolecular Hbond substituents is 1. The summed E-state index contributed by atoms with van der Waals surface area (Å²) in [6.45, 7) is 4.88. The molecule has 1 aromatic rings. The third-order valence-electron chi connectivity index (χ3n) is 2.66. The molecule has 0 spiro atoms. The topological polar surface area (TPSA) is 29.5 Å². The Kier molecular flexibility index (Phi) is 5.67. The molecule has 0 saturated heterocycles. The Morgan fingerprint density at radius 1 is 1.45 bits per heavy atom. The fourth-order valence-corrected chi connectivity index (χ4v) is 1.66. The molecule has 110 valence electrons. The molecule has 20 heavy (non-hydrogen) atoms. The van der Waals surface area contributed by atoms with Crippen molar-refractivity contribution in [3.05, 3.63) is 48.6 Å². The van der Waals surface area contributed by atoms with Crippen LogP contribution in [0.15, 0.2) is 48.6 Å². The lowest BCUT2D eigenvalue weighted by Crippen LogP contribution is -2.17. The SMILES string of the molecule is C=C(CC(C=CC)COc1cccc(O)c1)C(F)(F)F. The number of hydrogen-bond acceptors (Lipinski definition) is 2. The number of allylic oxidation sites excluding steroid dienone is 2. The Bertz CT molecular complexity index is 478. The molecule has 1 unspecified atom stereocenters. The zero-order chi connectivity index (χ0) is 15.2. The predicted molar refractivity (Wildman–Crippen MR) is 71.7 cm³/mol. The van der Waals surface area contributed by atoms with Crippen LogP contribution in [0.25, 0.3) is 0 Å². The van der Waals surface area contributed by atoms with Crippen molar-refractivity contribution in [3.63, 3.8) is 0 Å². The molecule has 0 amide bonds. The van der Waals surface area contributed by atoms with Crippen molar-refractivity contribution in [2.75, 3.05) is 6.61 Å². The zero-order valence-electron chi connectivity index (χ0n) is 11.2. The number of halogens is 3. The molecule has 0 aromatic heterocycles. The van der Waals surface area contributed by atoms with E-state index < -0.39 is 17.7 Å². The third-order valence-corrected chi connectivity index (χ3v) is 2.66. The van der Waals surface area contributed by atoms with Gasteiger partial charge >= 0.3 is 6.18 Å². The summed E-state index contributed by atoms with van der Waals surface area (Å²) in [6.07, 6.45) is -1.27. The van der Waals surface area contributed by atoms with E-state index in [-0.39, 0.29) is 18.8 Å². The van der Waals surface area contributed by atoms with Crippen LogP contribution in [0, 0.1) is 5.92 Å². The van der Waals surface area contributed by atoms with E-state index in [1.807, 2.05) is 0 Å². The first-order valence-corrected chi connectivity index (χ1v) is 6.12. The molecule has 0 saturated carbocycles. The van der Waals surface area contributed by atoms with Gasteiger partial charge in [0, 0.05) is 17.6 Å². The lowest BCUT2D eigenvalue weighted by molar-refractivity contribution is -0.0947. The number of phenols is 1. The molecule has 5 heteroatoms. The van der Waals surface area contributed by atoms with Crippen molar-refractivity contribution in [2.45, 2.75) is 19.5 Å². The van der Waals surface area contributed by atoms with Crippen LogP contribution in [0.5, 0.6) is 11.5 Å². The molecule has 1 aromatic carbocycles. The molecule has 0 heterocycles. The summed E-state index contributed by atoms with van der Waals surface area (Å²) < 4.78 is 42.8. The highest BCUT2D eigenvalue weighted by atomic mass is 19.4. The number of rotatable bonds is 6. The first-order valence-electron chi connectivity index (χ1n) is 6.12.